The van der Waals surface area contributed by atoms with E-state index >= 15 is 0 Å². The summed E-state index contributed by atoms with van der Waals surface area (Å²) in [6.45, 7) is 1.27. The molecule has 6 nitrogen and oxygen atoms in total. The van der Waals surface area contributed by atoms with Crippen molar-refractivity contribution in [2.45, 2.75) is 6.92 Å². The molecule has 0 unspecified atom stereocenters. The minimum absolute atomic E-state index is 0.109. The van der Waals surface area contributed by atoms with Crippen LogP contribution in [0.25, 0.3) is 11.6 Å². The van der Waals surface area contributed by atoms with Crippen LogP contribution in [0.3, 0.4) is 0 Å². The summed E-state index contributed by atoms with van der Waals surface area (Å²) in [5, 5.41) is 19.3. The number of ether oxygens (including phenoxy) is 1. The molecule has 0 atom stereocenters. The molecule has 0 aliphatic heterocycles. The van der Waals surface area contributed by atoms with E-state index in [0.717, 1.165) is 5.69 Å². The molecule has 0 radical (unpaired) electrons. The molecule has 1 aliphatic carbocycles. The molecule has 0 N–H and O–H groups in total. The SMILES string of the molecule is CC(=O)Oc1cc(N(C)C)ccc1C=C1C(=O)c2cc(Cl)c(Cl)cc2C1=C(C#N)C#N. The average Bonchev–Trinajstić information content (AvgIpc) is 2.96. The molecule has 31 heavy (non-hydrogen) atoms. The molecular formula is C23H15Cl2N3O3. The summed E-state index contributed by atoms with van der Waals surface area (Å²) >= 11 is 12.2. The van der Waals surface area contributed by atoms with Crippen LogP contribution in [0.4, 0.5) is 5.69 Å². The lowest BCUT2D eigenvalue weighted by atomic mass is 9.97. The van der Waals surface area contributed by atoms with E-state index < -0.39 is 11.8 Å². The molecule has 0 amide bonds. The van der Waals surface area contributed by atoms with Crippen molar-refractivity contribution >= 4 is 52.3 Å². The second-order valence-corrected chi connectivity index (χ2v) is 7.70. The van der Waals surface area contributed by atoms with Crippen LogP contribution in [0, 0.1) is 22.7 Å². The highest BCUT2D eigenvalue weighted by atomic mass is 35.5. The molecule has 0 saturated heterocycles. The van der Waals surface area contributed by atoms with Gasteiger partial charge in [-0.25, -0.2) is 0 Å². The highest BCUT2D eigenvalue weighted by molar-refractivity contribution is 6.43. The molecule has 1 aliphatic rings. The molecule has 2 aromatic carbocycles. The van der Waals surface area contributed by atoms with E-state index in [1.165, 1.54) is 25.1 Å². The summed E-state index contributed by atoms with van der Waals surface area (Å²) in [4.78, 5) is 26.6. The first-order chi connectivity index (χ1) is 14.7. The van der Waals surface area contributed by atoms with Gasteiger partial charge in [-0.15, -0.1) is 0 Å². The van der Waals surface area contributed by atoms with Crippen molar-refractivity contribution in [3.05, 3.63) is 68.2 Å². The standard InChI is InChI=1S/C23H15Cl2N3O3/c1-12(29)31-21-7-15(28(2)3)5-4-13(21)6-18-22(14(10-26)11-27)16-8-19(24)20(25)9-17(16)23(18)30/h4-9H,1-3H3. The molecule has 0 aromatic heterocycles. The fourth-order valence-electron chi connectivity index (χ4n) is 3.21. The maximum Gasteiger partial charge on any atom is 0.308 e. The van der Waals surface area contributed by atoms with Crippen LogP contribution in [-0.4, -0.2) is 25.8 Å². The summed E-state index contributed by atoms with van der Waals surface area (Å²) in [5.74, 6) is -0.710. The number of hydrogen-bond acceptors (Lipinski definition) is 6. The molecule has 0 fully saturated rings. The van der Waals surface area contributed by atoms with Crippen molar-refractivity contribution in [3.63, 3.8) is 0 Å². The number of halogens is 2. The molecular weight excluding hydrogens is 437 g/mol. The number of Topliss-reactive ketones (excluding diaryl/α,β-unsaturated/α-hetero) is 1. The van der Waals surface area contributed by atoms with E-state index in [4.69, 9.17) is 27.9 Å². The molecule has 0 spiro atoms. The van der Waals surface area contributed by atoms with Gasteiger partial charge in [-0.3, -0.25) is 9.59 Å². The highest BCUT2D eigenvalue weighted by Crippen LogP contribution is 2.43. The van der Waals surface area contributed by atoms with Crippen molar-refractivity contribution in [1.82, 2.24) is 0 Å². The summed E-state index contributed by atoms with van der Waals surface area (Å²) in [6, 6.07) is 11.7. The lowest BCUT2D eigenvalue weighted by molar-refractivity contribution is -0.131. The Labute approximate surface area is 189 Å². The van der Waals surface area contributed by atoms with Crippen molar-refractivity contribution in [2.75, 3.05) is 19.0 Å². The zero-order valence-electron chi connectivity index (χ0n) is 16.8. The van der Waals surface area contributed by atoms with E-state index in [9.17, 15) is 20.1 Å². The molecule has 3 rings (SSSR count). The normalized spacial score (nSPS) is 13.5. The Morgan fingerprint density at radius 1 is 1.06 bits per heavy atom. The topological polar surface area (TPSA) is 94.2 Å². The minimum atomic E-state index is -0.527. The van der Waals surface area contributed by atoms with Crippen LogP contribution >= 0.6 is 23.2 Å². The predicted molar refractivity (Wildman–Crippen MR) is 119 cm³/mol. The van der Waals surface area contributed by atoms with Crippen LogP contribution < -0.4 is 9.64 Å². The van der Waals surface area contributed by atoms with Gasteiger partial charge in [-0.1, -0.05) is 23.2 Å². The molecule has 154 valence electrons. The molecule has 0 bridgehead atoms. The van der Waals surface area contributed by atoms with Gasteiger partial charge in [0.2, 0.25) is 0 Å². The summed E-state index contributed by atoms with van der Waals surface area (Å²) < 4.78 is 5.34. The predicted octanol–water partition coefficient (Wildman–Crippen LogP) is 5.07. The van der Waals surface area contributed by atoms with Crippen LogP contribution in [0.15, 0.2) is 41.5 Å². The average molecular weight is 452 g/mol. The maximum atomic E-state index is 13.2. The molecule has 0 heterocycles. The van der Waals surface area contributed by atoms with Gasteiger partial charge in [-0.05, 0) is 35.9 Å². The Morgan fingerprint density at radius 2 is 1.68 bits per heavy atom. The molecule has 0 saturated carbocycles. The third-order valence-corrected chi connectivity index (χ3v) is 5.35. The number of allylic oxidation sites excluding steroid dienone is 3. The van der Waals surface area contributed by atoms with Crippen molar-refractivity contribution < 1.29 is 14.3 Å². The number of nitriles is 2. The molecule has 2 aromatic rings. The number of benzene rings is 2. The number of carbonyl (C=O) groups is 2. The van der Waals surface area contributed by atoms with Gasteiger partial charge >= 0.3 is 5.97 Å². The number of rotatable bonds is 3. The van der Waals surface area contributed by atoms with Gasteiger partial charge in [0, 0.05) is 55.0 Å². The zero-order valence-corrected chi connectivity index (χ0v) is 18.3. The van der Waals surface area contributed by atoms with Crippen LogP contribution in [0.2, 0.25) is 10.0 Å². The smallest absolute Gasteiger partial charge is 0.308 e. The van der Waals surface area contributed by atoms with Gasteiger partial charge in [0.1, 0.15) is 23.5 Å². The largest absolute Gasteiger partial charge is 0.426 e. The maximum absolute atomic E-state index is 13.2. The first-order valence-electron chi connectivity index (χ1n) is 8.98. The fraction of sp³-hybridized carbons (Fsp3) is 0.130. The van der Waals surface area contributed by atoms with Gasteiger partial charge < -0.3 is 9.64 Å². The minimum Gasteiger partial charge on any atom is -0.426 e. The number of nitrogens with zero attached hydrogens (tertiary/aromatic N) is 3. The molecule has 8 heteroatoms. The fourth-order valence-corrected chi connectivity index (χ4v) is 3.54. The number of fused-ring (bicyclic) bond motifs is 1. The third kappa shape index (κ3) is 4.18. The first-order valence-corrected chi connectivity index (χ1v) is 9.74. The van der Waals surface area contributed by atoms with E-state index in [-0.39, 0.29) is 38.1 Å². The Morgan fingerprint density at radius 3 is 2.23 bits per heavy atom. The summed E-state index contributed by atoms with van der Waals surface area (Å²) in [5.41, 5.74) is 1.83. The Kier molecular flexibility index (Phi) is 6.17. The first kappa shape index (κ1) is 22.1. The quantitative estimate of drug-likeness (QED) is 0.280. The van der Waals surface area contributed by atoms with Gasteiger partial charge in [-0.2, -0.15) is 10.5 Å². The third-order valence-electron chi connectivity index (χ3n) is 4.63. The lowest BCUT2D eigenvalue weighted by Gasteiger charge is -2.15. The van der Waals surface area contributed by atoms with Crippen molar-refractivity contribution in [1.29, 1.82) is 10.5 Å². The van der Waals surface area contributed by atoms with Crippen molar-refractivity contribution in [3.8, 4) is 17.9 Å². The van der Waals surface area contributed by atoms with E-state index in [1.807, 2.05) is 31.1 Å². The summed E-state index contributed by atoms with van der Waals surface area (Å²) in [7, 11) is 3.67. The Hall–Kier alpha value is -3.58. The lowest BCUT2D eigenvalue weighted by Crippen LogP contribution is -2.10. The van der Waals surface area contributed by atoms with Gasteiger partial charge in [0.15, 0.2) is 5.78 Å². The van der Waals surface area contributed by atoms with Gasteiger partial charge in [0.25, 0.3) is 0 Å². The summed E-state index contributed by atoms with van der Waals surface area (Å²) in [6.07, 6.45) is 1.49. The second kappa shape index (κ2) is 8.65. The van der Waals surface area contributed by atoms with Crippen LogP contribution in [0.5, 0.6) is 5.75 Å². The number of hydrogen-bond donors (Lipinski definition) is 0. The van der Waals surface area contributed by atoms with E-state index in [2.05, 4.69) is 0 Å². The monoisotopic (exact) mass is 451 g/mol. The number of carbonyl (C=O) groups excluding carboxylic acids is 2. The second-order valence-electron chi connectivity index (χ2n) is 6.88. The number of ketones is 1. The Balaban J connectivity index is 2.30. The Bertz CT molecular complexity index is 1260. The number of esters is 1. The van der Waals surface area contributed by atoms with Crippen LogP contribution in [0.1, 0.15) is 28.4 Å². The van der Waals surface area contributed by atoms with E-state index in [0.29, 0.717) is 11.1 Å². The van der Waals surface area contributed by atoms with Crippen molar-refractivity contribution in [2.24, 2.45) is 0 Å². The van der Waals surface area contributed by atoms with Gasteiger partial charge in [0.05, 0.1) is 10.0 Å². The van der Waals surface area contributed by atoms with E-state index in [1.54, 1.807) is 18.2 Å². The number of anilines is 1. The zero-order chi connectivity index (χ0) is 22.9. The van der Waals surface area contributed by atoms with Crippen LogP contribution in [-0.2, 0) is 4.79 Å². The highest BCUT2D eigenvalue weighted by Gasteiger charge is 2.33.